The molecular formula is C16H14FNO2. The average molecular weight is 271 g/mol. The van der Waals surface area contributed by atoms with E-state index in [9.17, 15) is 9.18 Å². The molecule has 0 aliphatic heterocycles. The average Bonchev–Trinajstić information content (AvgIpc) is 2.78. The van der Waals surface area contributed by atoms with E-state index < -0.39 is 0 Å². The highest BCUT2D eigenvalue weighted by Crippen LogP contribution is 2.44. The molecule has 0 fully saturated rings. The van der Waals surface area contributed by atoms with Gasteiger partial charge in [0.2, 0.25) is 0 Å². The number of carbonyl (C=O) groups excluding carboxylic acids is 1. The molecule has 3 rings (SSSR count). The van der Waals surface area contributed by atoms with Gasteiger partial charge in [0, 0.05) is 12.5 Å². The molecule has 0 amide bonds. The highest BCUT2D eigenvalue weighted by atomic mass is 19.1. The van der Waals surface area contributed by atoms with Crippen LogP contribution < -0.4 is 5.73 Å². The van der Waals surface area contributed by atoms with Crippen LogP contribution in [0.2, 0.25) is 0 Å². The Hall–Kier alpha value is -2.20. The lowest BCUT2D eigenvalue weighted by Gasteiger charge is -2.11. The van der Waals surface area contributed by atoms with E-state index in [0.717, 1.165) is 22.3 Å². The van der Waals surface area contributed by atoms with Crippen molar-refractivity contribution >= 4 is 5.97 Å². The van der Waals surface area contributed by atoms with Gasteiger partial charge in [-0.05, 0) is 46.5 Å². The van der Waals surface area contributed by atoms with E-state index in [4.69, 9.17) is 10.5 Å². The van der Waals surface area contributed by atoms with Crippen molar-refractivity contribution in [3.8, 4) is 11.1 Å². The lowest BCUT2D eigenvalue weighted by Crippen LogP contribution is -2.12. The fourth-order valence-corrected chi connectivity index (χ4v) is 2.83. The zero-order valence-electron chi connectivity index (χ0n) is 11.0. The van der Waals surface area contributed by atoms with Gasteiger partial charge in [-0.15, -0.1) is 0 Å². The first-order chi connectivity index (χ1) is 9.65. The maximum Gasteiger partial charge on any atom is 0.337 e. The first-order valence-electron chi connectivity index (χ1n) is 6.38. The fraction of sp³-hybridized carbons (Fsp3) is 0.188. The van der Waals surface area contributed by atoms with Crippen molar-refractivity contribution in [1.29, 1.82) is 0 Å². The van der Waals surface area contributed by atoms with Crippen LogP contribution >= 0.6 is 0 Å². The molecule has 2 aromatic carbocycles. The van der Waals surface area contributed by atoms with Crippen LogP contribution in [0.25, 0.3) is 11.1 Å². The number of benzene rings is 2. The van der Waals surface area contributed by atoms with Crippen molar-refractivity contribution in [2.24, 2.45) is 5.73 Å². The van der Waals surface area contributed by atoms with E-state index in [1.807, 2.05) is 6.07 Å². The topological polar surface area (TPSA) is 52.3 Å². The summed E-state index contributed by atoms with van der Waals surface area (Å²) in [6, 6.07) is 10.1. The first-order valence-corrected chi connectivity index (χ1v) is 6.38. The molecule has 1 aliphatic rings. The van der Waals surface area contributed by atoms with Crippen LogP contribution in [0.5, 0.6) is 0 Å². The summed E-state index contributed by atoms with van der Waals surface area (Å²) < 4.78 is 18.2. The Balaban J connectivity index is 2.18. The normalized spacial score (nSPS) is 15.7. The number of methoxy groups -OCH3 is 1. The maximum atomic E-state index is 13.4. The van der Waals surface area contributed by atoms with Gasteiger partial charge in [-0.3, -0.25) is 0 Å². The maximum absolute atomic E-state index is 13.4. The molecule has 0 saturated carbocycles. The fourth-order valence-electron chi connectivity index (χ4n) is 2.83. The molecule has 0 radical (unpaired) electrons. The summed E-state index contributed by atoms with van der Waals surface area (Å²) >= 11 is 0. The van der Waals surface area contributed by atoms with Crippen LogP contribution in [0.15, 0.2) is 36.4 Å². The molecule has 0 aromatic heterocycles. The number of nitrogens with two attached hydrogens (primary N) is 1. The number of rotatable bonds is 2. The Labute approximate surface area is 116 Å². The molecule has 1 atom stereocenters. The molecule has 102 valence electrons. The SMILES string of the molecule is COC(=O)c1ccc2c(c1)C(CN)c1cc(F)ccc1-2. The van der Waals surface area contributed by atoms with Gasteiger partial charge in [0.25, 0.3) is 0 Å². The summed E-state index contributed by atoms with van der Waals surface area (Å²) in [6.45, 7) is 0.369. The Bertz CT molecular complexity index is 697. The quantitative estimate of drug-likeness (QED) is 0.854. The van der Waals surface area contributed by atoms with E-state index in [1.165, 1.54) is 19.2 Å². The molecule has 2 N–H and O–H groups in total. The number of hydrogen-bond acceptors (Lipinski definition) is 3. The van der Waals surface area contributed by atoms with E-state index >= 15 is 0 Å². The van der Waals surface area contributed by atoms with E-state index in [1.54, 1.807) is 18.2 Å². The van der Waals surface area contributed by atoms with Crippen molar-refractivity contribution in [1.82, 2.24) is 0 Å². The lowest BCUT2D eigenvalue weighted by atomic mass is 9.96. The summed E-state index contributed by atoms with van der Waals surface area (Å²) in [6.07, 6.45) is 0. The van der Waals surface area contributed by atoms with Crippen LogP contribution in [-0.4, -0.2) is 19.6 Å². The second kappa shape index (κ2) is 4.72. The third-order valence-electron chi connectivity index (χ3n) is 3.76. The molecule has 20 heavy (non-hydrogen) atoms. The smallest absolute Gasteiger partial charge is 0.337 e. The van der Waals surface area contributed by atoms with Gasteiger partial charge in [-0.2, -0.15) is 0 Å². The molecule has 1 unspecified atom stereocenters. The highest BCUT2D eigenvalue weighted by Gasteiger charge is 2.28. The molecule has 0 spiro atoms. The third-order valence-corrected chi connectivity index (χ3v) is 3.76. The van der Waals surface area contributed by atoms with E-state index in [2.05, 4.69) is 0 Å². The first kappa shape index (κ1) is 12.8. The molecule has 0 bridgehead atoms. The highest BCUT2D eigenvalue weighted by molar-refractivity contribution is 5.92. The lowest BCUT2D eigenvalue weighted by molar-refractivity contribution is 0.0600. The Morgan fingerprint density at radius 1 is 1.20 bits per heavy atom. The monoisotopic (exact) mass is 271 g/mol. The van der Waals surface area contributed by atoms with Gasteiger partial charge in [0.1, 0.15) is 5.82 Å². The number of carbonyl (C=O) groups is 1. The van der Waals surface area contributed by atoms with Crippen molar-refractivity contribution in [3.05, 3.63) is 58.9 Å². The zero-order valence-corrected chi connectivity index (χ0v) is 11.0. The van der Waals surface area contributed by atoms with E-state index in [0.29, 0.717) is 12.1 Å². The summed E-state index contributed by atoms with van der Waals surface area (Å²) in [5.41, 5.74) is 10.1. The minimum absolute atomic E-state index is 0.0830. The van der Waals surface area contributed by atoms with Crippen LogP contribution in [0, 0.1) is 5.82 Å². The van der Waals surface area contributed by atoms with Gasteiger partial charge in [-0.25, -0.2) is 9.18 Å². The van der Waals surface area contributed by atoms with Gasteiger partial charge in [-0.1, -0.05) is 12.1 Å². The number of hydrogen-bond donors (Lipinski definition) is 1. The minimum Gasteiger partial charge on any atom is -0.465 e. The van der Waals surface area contributed by atoms with Crippen LogP contribution in [0.4, 0.5) is 4.39 Å². The second-order valence-electron chi connectivity index (χ2n) is 4.81. The van der Waals surface area contributed by atoms with Gasteiger partial charge in [0.15, 0.2) is 0 Å². The Kier molecular flexibility index (Phi) is 3.03. The van der Waals surface area contributed by atoms with Crippen molar-refractivity contribution in [2.75, 3.05) is 13.7 Å². The summed E-state index contributed by atoms with van der Waals surface area (Å²) in [5, 5.41) is 0. The zero-order chi connectivity index (χ0) is 14.3. The molecule has 2 aromatic rings. The number of ether oxygens (including phenoxy) is 1. The van der Waals surface area contributed by atoms with E-state index in [-0.39, 0.29) is 17.7 Å². The standard InChI is InChI=1S/C16H14FNO2/c1-20-16(19)9-2-4-11-12-5-3-10(17)7-14(12)15(8-18)13(11)6-9/h2-7,15H,8,18H2,1H3. The second-order valence-corrected chi connectivity index (χ2v) is 4.81. The van der Waals surface area contributed by atoms with Gasteiger partial charge >= 0.3 is 5.97 Å². The number of esters is 1. The predicted molar refractivity (Wildman–Crippen MR) is 74.1 cm³/mol. The Morgan fingerprint density at radius 2 is 1.85 bits per heavy atom. The third kappa shape index (κ3) is 1.80. The van der Waals surface area contributed by atoms with Crippen LogP contribution in [0.1, 0.15) is 27.4 Å². The minimum atomic E-state index is -0.384. The van der Waals surface area contributed by atoms with Crippen molar-refractivity contribution < 1.29 is 13.9 Å². The van der Waals surface area contributed by atoms with Crippen LogP contribution in [0.3, 0.4) is 0 Å². The number of fused-ring (bicyclic) bond motifs is 3. The van der Waals surface area contributed by atoms with Crippen molar-refractivity contribution in [3.63, 3.8) is 0 Å². The Morgan fingerprint density at radius 3 is 2.50 bits per heavy atom. The molecule has 1 aliphatic carbocycles. The van der Waals surface area contributed by atoms with Gasteiger partial charge in [0.05, 0.1) is 12.7 Å². The molecular weight excluding hydrogens is 257 g/mol. The molecule has 0 saturated heterocycles. The van der Waals surface area contributed by atoms with Crippen molar-refractivity contribution in [2.45, 2.75) is 5.92 Å². The largest absolute Gasteiger partial charge is 0.465 e. The molecule has 4 heteroatoms. The summed E-state index contributed by atoms with van der Waals surface area (Å²) in [4.78, 5) is 11.6. The summed E-state index contributed by atoms with van der Waals surface area (Å²) in [7, 11) is 1.35. The number of halogens is 1. The van der Waals surface area contributed by atoms with Gasteiger partial charge < -0.3 is 10.5 Å². The predicted octanol–water partition coefficient (Wildman–Crippen LogP) is 2.68. The summed E-state index contributed by atoms with van der Waals surface area (Å²) in [5.74, 6) is -0.741. The molecule has 3 nitrogen and oxygen atoms in total. The molecule has 0 heterocycles. The van der Waals surface area contributed by atoms with Crippen LogP contribution in [-0.2, 0) is 4.74 Å².